The first-order valence-corrected chi connectivity index (χ1v) is 3.03. The Morgan fingerprint density at radius 1 is 1.60 bits per heavy atom. The Morgan fingerprint density at radius 2 is 2.60 bits per heavy atom. The second-order valence-electron chi connectivity index (χ2n) is 1.96. The molecule has 0 spiro atoms. The molecule has 0 aromatic heterocycles. The summed E-state index contributed by atoms with van der Waals surface area (Å²) in [5, 5.41) is 6.86. The zero-order valence-corrected chi connectivity index (χ0v) is 5.29. The van der Waals surface area contributed by atoms with E-state index in [2.05, 4.69) is 15.8 Å². The molecule has 0 aromatic rings. The van der Waals surface area contributed by atoms with Crippen molar-refractivity contribution in [1.82, 2.24) is 10.7 Å². The monoisotopic (exact) mass is 137 g/mol. The van der Waals surface area contributed by atoms with Gasteiger partial charge in [-0.2, -0.15) is 5.10 Å². The second kappa shape index (κ2) is 2.06. The van der Waals surface area contributed by atoms with Gasteiger partial charge in [-0.3, -0.25) is 0 Å². The molecule has 4 nitrogen and oxygen atoms in total. The predicted molar refractivity (Wildman–Crippen MR) is 36.9 cm³/mol. The van der Waals surface area contributed by atoms with E-state index in [1.165, 1.54) is 0 Å². The standard InChI is InChI=1S/C6H7N3O/c1-2-5-6(9-8-3-1)10-4-7-5/h1-3,7,9H,4H2. The molecular weight excluding hydrogens is 130 g/mol. The van der Waals surface area contributed by atoms with Gasteiger partial charge in [0.15, 0.2) is 6.73 Å². The molecule has 2 aliphatic rings. The lowest BCUT2D eigenvalue weighted by atomic mass is 10.4. The molecule has 4 heteroatoms. The Labute approximate surface area is 58.3 Å². The SMILES string of the molecule is C1=CC2=C(NN=C1)OCN2. The first-order chi connectivity index (χ1) is 4.97. The van der Waals surface area contributed by atoms with Gasteiger partial charge < -0.3 is 10.1 Å². The molecular formula is C6H7N3O. The van der Waals surface area contributed by atoms with Gasteiger partial charge in [0.2, 0.25) is 5.88 Å². The Balaban J connectivity index is 2.30. The lowest BCUT2D eigenvalue weighted by Gasteiger charge is -1.97. The highest BCUT2D eigenvalue weighted by molar-refractivity contribution is 5.72. The van der Waals surface area contributed by atoms with Crippen molar-refractivity contribution < 1.29 is 4.74 Å². The van der Waals surface area contributed by atoms with Gasteiger partial charge >= 0.3 is 0 Å². The first-order valence-electron chi connectivity index (χ1n) is 3.03. The van der Waals surface area contributed by atoms with E-state index in [1.807, 2.05) is 12.2 Å². The maximum Gasteiger partial charge on any atom is 0.233 e. The molecule has 0 atom stereocenters. The number of hydrogen-bond acceptors (Lipinski definition) is 4. The molecule has 0 radical (unpaired) electrons. The number of nitrogens with one attached hydrogen (secondary N) is 2. The molecule has 52 valence electrons. The van der Waals surface area contributed by atoms with Gasteiger partial charge in [0.25, 0.3) is 0 Å². The molecule has 0 fully saturated rings. The van der Waals surface area contributed by atoms with Crippen LogP contribution in [0.3, 0.4) is 0 Å². The van der Waals surface area contributed by atoms with E-state index in [0.717, 1.165) is 5.70 Å². The summed E-state index contributed by atoms with van der Waals surface area (Å²) < 4.78 is 5.13. The van der Waals surface area contributed by atoms with Crippen LogP contribution in [0.1, 0.15) is 0 Å². The maximum atomic E-state index is 5.13. The van der Waals surface area contributed by atoms with Gasteiger partial charge in [-0.15, -0.1) is 0 Å². The van der Waals surface area contributed by atoms with Crippen molar-refractivity contribution in [2.24, 2.45) is 5.10 Å². The summed E-state index contributed by atoms with van der Waals surface area (Å²) in [7, 11) is 0. The Kier molecular flexibility index (Phi) is 1.10. The van der Waals surface area contributed by atoms with Crippen LogP contribution in [-0.4, -0.2) is 12.9 Å². The van der Waals surface area contributed by atoms with Crippen molar-refractivity contribution in [1.29, 1.82) is 0 Å². The Bertz CT molecular complexity index is 229. The molecule has 0 amide bonds. The van der Waals surface area contributed by atoms with Crippen LogP contribution in [0.2, 0.25) is 0 Å². The molecule has 2 heterocycles. The molecule has 0 aromatic carbocycles. The number of hydrogen-bond donors (Lipinski definition) is 2. The van der Waals surface area contributed by atoms with E-state index in [0.29, 0.717) is 12.6 Å². The molecule has 2 rings (SSSR count). The molecule has 0 saturated heterocycles. The minimum atomic E-state index is 0.525. The van der Waals surface area contributed by atoms with Crippen molar-refractivity contribution in [3.8, 4) is 0 Å². The summed E-state index contributed by atoms with van der Waals surface area (Å²) in [5.41, 5.74) is 3.70. The third-order valence-electron chi connectivity index (χ3n) is 1.31. The fourth-order valence-electron chi connectivity index (χ4n) is 0.849. The van der Waals surface area contributed by atoms with Gasteiger partial charge in [-0.05, 0) is 12.2 Å². The number of hydrazone groups is 1. The summed E-state index contributed by atoms with van der Waals surface area (Å²) in [6.45, 7) is 0.525. The van der Waals surface area contributed by atoms with Gasteiger partial charge in [0, 0.05) is 6.21 Å². The quantitative estimate of drug-likeness (QED) is 0.489. The third-order valence-corrected chi connectivity index (χ3v) is 1.31. The van der Waals surface area contributed by atoms with E-state index >= 15 is 0 Å². The average molecular weight is 137 g/mol. The van der Waals surface area contributed by atoms with Crippen molar-refractivity contribution in [3.63, 3.8) is 0 Å². The highest BCUT2D eigenvalue weighted by atomic mass is 16.5. The first kappa shape index (κ1) is 5.34. The normalized spacial score (nSPS) is 20.8. The largest absolute Gasteiger partial charge is 0.455 e. The van der Waals surface area contributed by atoms with E-state index in [-0.39, 0.29) is 0 Å². The zero-order valence-electron chi connectivity index (χ0n) is 5.29. The van der Waals surface area contributed by atoms with Crippen molar-refractivity contribution in [2.75, 3.05) is 6.73 Å². The van der Waals surface area contributed by atoms with Crippen LogP contribution in [-0.2, 0) is 4.74 Å². The van der Waals surface area contributed by atoms with Gasteiger partial charge in [0.05, 0.1) is 5.70 Å². The number of allylic oxidation sites excluding steroid dienone is 2. The second-order valence-corrected chi connectivity index (χ2v) is 1.96. The topological polar surface area (TPSA) is 45.7 Å². The summed E-state index contributed by atoms with van der Waals surface area (Å²) in [6, 6.07) is 0. The number of rotatable bonds is 0. The van der Waals surface area contributed by atoms with Crippen LogP contribution in [0.15, 0.2) is 28.8 Å². The Hall–Kier alpha value is -1.45. The lowest BCUT2D eigenvalue weighted by molar-refractivity contribution is 0.213. The minimum absolute atomic E-state index is 0.525. The van der Waals surface area contributed by atoms with Crippen molar-refractivity contribution >= 4 is 6.21 Å². The van der Waals surface area contributed by atoms with Gasteiger partial charge in [-0.25, -0.2) is 5.43 Å². The van der Waals surface area contributed by atoms with Gasteiger partial charge in [0.1, 0.15) is 0 Å². The molecule has 2 N–H and O–H groups in total. The molecule has 10 heavy (non-hydrogen) atoms. The van der Waals surface area contributed by atoms with Crippen molar-refractivity contribution in [3.05, 3.63) is 23.7 Å². The van der Waals surface area contributed by atoms with E-state index in [9.17, 15) is 0 Å². The van der Waals surface area contributed by atoms with Crippen LogP contribution in [0.25, 0.3) is 0 Å². The van der Waals surface area contributed by atoms with E-state index in [1.54, 1.807) is 6.21 Å². The highest BCUT2D eigenvalue weighted by Gasteiger charge is 2.12. The Morgan fingerprint density at radius 3 is 3.60 bits per heavy atom. The molecule has 0 aliphatic carbocycles. The smallest absolute Gasteiger partial charge is 0.233 e. The maximum absolute atomic E-state index is 5.13. The fraction of sp³-hybridized carbons (Fsp3) is 0.167. The zero-order chi connectivity index (χ0) is 6.81. The van der Waals surface area contributed by atoms with Crippen LogP contribution < -0.4 is 10.7 Å². The van der Waals surface area contributed by atoms with Crippen LogP contribution in [0.5, 0.6) is 0 Å². The van der Waals surface area contributed by atoms with Crippen molar-refractivity contribution in [2.45, 2.75) is 0 Å². The highest BCUT2D eigenvalue weighted by Crippen LogP contribution is 2.09. The van der Waals surface area contributed by atoms with Crippen LogP contribution in [0, 0.1) is 0 Å². The molecule has 0 bridgehead atoms. The third kappa shape index (κ3) is 0.737. The summed E-state index contributed by atoms with van der Waals surface area (Å²) in [6.07, 6.45) is 5.42. The molecule has 0 saturated carbocycles. The minimum Gasteiger partial charge on any atom is -0.455 e. The average Bonchev–Trinajstić information content (AvgIpc) is 2.28. The molecule has 0 unspecified atom stereocenters. The lowest BCUT2D eigenvalue weighted by Crippen LogP contribution is -2.05. The number of nitrogens with zero attached hydrogens (tertiary/aromatic N) is 1. The van der Waals surface area contributed by atoms with Crippen LogP contribution >= 0.6 is 0 Å². The summed E-state index contributed by atoms with van der Waals surface area (Å²) in [5.74, 6) is 0.699. The summed E-state index contributed by atoms with van der Waals surface area (Å²) >= 11 is 0. The summed E-state index contributed by atoms with van der Waals surface area (Å²) in [4.78, 5) is 0. The predicted octanol–water partition coefficient (Wildman–Crippen LogP) is -0.122. The van der Waals surface area contributed by atoms with Crippen LogP contribution in [0.4, 0.5) is 0 Å². The number of ether oxygens (including phenoxy) is 1. The molecule has 2 aliphatic heterocycles. The van der Waals surface area contributed by atoms with E-state index < -0.39 is 0 Å². The fourth-order valence-corrected chi connectivity index (χ4v) is 0.849. The van der Waals surface area contributed by atoms with E-state index in [4.69, 9.17) is 4.74 Å². The van der Waals surface area contributed by atoms with Gasteiger partial charge in [-0.1, -0.05) is 0 Å².